The van der Waals surface area contributed by atoms with E-state index in [1.54, 1.807) is 26.3 Å². The van der Waals surface area contributed by atoms with Crippen LogP contribution in [0.15, 0.2) is 23.2 Å². The Morgan fingerprint density at radius 2 is 2.08 bits per heavy atom. The van der Waals surface area contributed by atoms with Crippen LogP contribution >= 0.6 is 0 Å². The van der Waals surface area contributed by atoms with Crippen LogP contribution in [0.3, 0.4) is 0 Å². The normalized spacial score (nSPS) is 17.1. The molecule has 1 aliphatic heterocycles. The molecule has 6 nitrogen and oxygen atoms in total. The third kappa shape index (κ3) is 5.03. The molecule has 0 saturated carbocycles. The second-order valence-electron chi connectivity index (χ2n) is 6.47. The van der Waals surface area contributed by atoms with E-state index < -0.39 is 0 Å². The number of likely N-dealkylation sites (tertiary alicyclic amines) is 1. The summed E-state index contributed by atoms with van der Waals surface area (Å²) in [6.45, 7) is 7.21. The van der Waals surface area contributed by atoms with Crippen LogP contribution < -0.4 is 15.4 Å². The highest BCUT2D eigenvalue weighted by Gasteiger charge is 2.21. The Morgan fingerprint density at radius 3 is 2.67 bits per heavy atom. The van der Waals surface area contributed by atoms with E-state index in [2.05, 4.69) is 34.4 Å². The van der Waals surface area contributed by atoms with Crippen molar-refractivity contribution in [1.82, 2.24) is 15.5 Å². The molecule has 6 heteroatoms. The maximum absolute atomic E-state index is 9.96. The molecule has 1 fully saturated rings. The lowest BCUT2D eigenvalue weighted by molar-refractivity contribution is 0.167. The van der Waals surface area contributed by atoms with Gasteiger partial charge in [0.15, 0.2) is 5.96 Å². The van der Waals surface area contributed by atoms with Crippen LogP contribution in [0.25, 0.3) is 0 Å². The van der Waals surface area contributed by atoms with Crippen LogP contribution in [0, 0.1) is 0 Å². The van der Waals surface area contributed by atoms with Crippen molar-refractivity contribution in [2.24, 2.45) is 4.99 Å². The van der Waals surface area contributed by atoms with Crippen molar-refractivity contribution in [3.63, 3.8) is 0 Å². The molecule has 2 rings (SSSR count). The Hall–Kier alpha value is -1.95. The molecule has 134 valence electrons. The monoisotopic (exact) mass is 334 g/mol. The van der Waals surface area contributed by atoms with E-state index >= 15 is 0 Å². The molecule has 24 heavy (non-hydrogen) atoms. The fraction of sp³-hybridized carbons (Fsp3) is 0.611. The third-order valence-electron chi connectivity index (χ3n) is 4.56. The van der Waals surface area contributed by atoms with Crippen LogP contribution in [0.1, 0.15) is 32.3 Å². The van der Waals surface area contributed by atoms with Crippen molar-refractivity contribution in [3.05, 3.63) is 23.8 Å². The molecule has 0 bridgehead atoms. The van der Waals surface area contributed by atoms with E-state index in [1.807, 2.05) is 6.07 Å². The first-order valence-corrected chi connectivity index (χ1v) is 8.60. The van der Waals surface area contributed by atoms with E-state index in [1.165, 1.54) is 0 Å². The number of methoxy groups -OCH3 is 1. The van der Waals surface area contributed by atoms with Gasteiger partial charge >= 0.3 is 0 Å². The second kappa shape index (κ2) is 8.78. The minimum atomic E-state index is 0.254. The van der Waals surface area contributed by atoms with Crippen molar-refractivity contribution in [2.45, 2.75) is 45.3 Å². The number of benzene rings is 1. The summed E-state index contributed by atoms with van der Waals surface area (Å²) in [5.74, 6) is 1.75. The van der Waals surface area contributed by atoms with E-state index in [-0.39, 0.29) is 5.75 Å². The van der Waals surface area contributed by atoms with Gasteiger partial charge in [0.1, 0.15) is 11.5 Å². The lowest BCUT2D eigenvalue weighted by Gasteiger charge is -2.35. The van der Waals surface area contributed by atoms with E-state index in [4.69, 9.17) is 4.74 Å². The van der Waals surface area contributed by atoms with Gasteiger partial charge in [0.2, 0.25) is 0 Å². The Bertz CT molecular complexity index is 552. The van der Waals surface area contributed by atoms with Gasteiger partial charge in [0.25, 0.3) is 0 Å². The average Bonchev–Trinajstić information content (AvgIpc) is 2.60. The number of rotatable bonds is 5. The highest BCUT2D eigenvalue weighted by molar-refractivity contribution is 5.80. The molecule has 0 spiro atoms. The average molecular weight is 334 g/mol. The molecule has 1 heterocycles. The third-order valence-corrected chi connectivity index (χ3v) is 4.56. The van der Waals surface area contributed by atoms with Gasteiger partial charge in [-0.25, -0.2) is 0 Å². The molecule has 1 aliphatic rings. The topological polar surface area (TPSA) is 69.1 Å². The van der Waals surface area contributed by atoms with Gasteiger partial charge in [-0.1, -0.05) is 0 Å². The van der Waals surface area contributed by atoms with Crippen molar-refractivity contribution in [2.75, 3.05) is 27.2 Å². The fourth-order valence-electron chi connectivity index (χ4n) is 2.96. The lowest BCUT2D eigenvalue weighted by Crippen LogP contribution is -2.49. The van der Waals surface area contributed by atoms with E-state index in [0.717, 1.165) is 43.2 Å². The SMILES string of the molecule is CN=C(NCc1cc(OC)ccc1O)NC1CCN(C(C)C)CC1. The quantitative estimate of drug-likeness (QED) is 0.567. The fourth-order valence-corrected chi connectivity index (χ4v) is 2.96. The molecule has 0 unspecified atom stereocenters. The maximum Gasteiger partial charge on any atom is 0.191 e. The summed E-state index contributed by atoms with van der Waals surface area (Å²) in [4.78, 5) is 6.79. The molecule has 0 atom stereocenters. The zero-order valence-corrected chi connectivity index (χ0v) is 15.2. The van der Waals surface area contributed by atoms with Gasteiger partial charge < -0.3 is 25.4 Å². The molecule has 1 aromatic rings. The number of guanidine groups is 1. The summed E-state index contributed by atoms with van der Waals surface area (Å²) in [6.07, 6.45) is 2.23. The van der Waals surface area contributed by atoms with Crippen LogP contribution in [-0.4, -0.2) is 55.3 Å². The van der Waals surface area contributed by atoms with Crippen molar-refractivity contribution >= 4 is 5.96 Å². The zero-order chi connectivity index (χ0) is 17.5. The van der Waals surface area contributed by atoms with Gasteiger partial charge in [0.05, 0.1) is 7.11 Å². The van der Waals surface area contributed by atoms with Crippen LogP contribution in [0.2, 0.25) is 0 Å². The number of nitrogens with zero attached hydrogens (tertiary/aromatic N) is 2. The first-order valence-electron chi connectivity index (χ1n) is 8.60. The molecule has 0 aliphatic carbocycles. The van der Waals surface area contributed by atoms with Gasteiger partial charge in [-0.15, -0.1) is 0 Å². The number of aliphatic imine (C=N–C) groups is 1. The molecular formula is C18H30N4O2. The first-order chi connectivity index (χ1) is 11.5. The van der Waals surface area contributed by atoms with Gasteiger partial charge in [-0.2, -0.15) is 0 Å². The summed E-state index contributed by atoms with van der Waals surface area (Å²) in [5, 5.41) is 16.7. The van der Waals surface area contributed by atoms with Crippen molar-refractivity contribution in [3.8, 4) is 11.5 Å². The molecular weight excluding hydrogens is 304 g/mol. The van der Waals surface area contributed by atoms with E-state index in [0.29, 0.717) is 18.6 Å². The summed E-state index contributed by atoms with van der Waals surface area (Å²) in [6, 6.07) is 6.27. The summed E-state index contributed by atoms with van der Waals surface area (Å²) >= 11 is 0. The molecule has 1 aromatic carbocycles. The Morgan fingerprint density at radius 1 is 1.38 bits per heavy atom. The highest BCUT2D eigenvalue weighted by atomic mass is 16.5. The number of ether oxygens (including phenoxy) is 1. The molecule has 0 aromatic heterocycles. The summed E-state index contributed by atoms with van der Waals surface area (Å²) < 4.78 is 5.20. The Balaban J connectivity index is 1.85. The number of aromatic hydroxyl groups is 1. The second-order valence-corrected chi connectivity index (χ2v) is 6.47. The van der Waals surface area contributed by atoms with Crippen LogP contribution in [-0.2, 0) is 6.54 Å². The van der Waals surface area contributed by atoms with Gasteiger partial charge in [-0.05, 0) is 44.9 Å². The Kier molecular flexibility index (Phi) is 6.73. The number of piperidine rings is 1. The van der Waals surface area contributed by atoms with Crippen LogP contribution in [0.4, 0.5) is 0 Å². The maximum atomic E-state index is 9.96. The lowest BCUT2D eigenvalue weighted by atomic mass is 10.0. The summed E-state index contributed by atoms with van der Waals surface area (Å²) in [7, 11) is 3.39. The van der Waals surface area contributed by atoms with Crippen molar-refractivity contribution < 1.29 is 9.84 Å². The minimum absolute atomic E-state index is 0.254. The number of phenolic OH excluding ortho intramolecular Hbond substituents is 1. The van der Waals surface area contributed by atoms with E-state index in [9.17, 15) is 5.11 Å². The number of nitrogens with one attached hydrogen (secondary N) is 2. The predicted molar refractivity (Wildman–Crippen MR) is 97.7 cm³/mol. The van der Waals surface area contributed by atoms with Crippen LogP contribution in [0.5, 0.6) is 11.5 Å². The predicted octanol–water partition coefficient (Wildman–Crippen LogP) is 1.94. The van der Waals surface area contributed by atoms with Crippen molar-refractivity contribution in [1.29, 1.82) is 0 Å². The molecule has 1 saturated heterocycles. The summed E-state index contributed by atoms with van der Waals surface area (Å²) in [5.41, 5.74) is 0.784. The Labute approximate surface area is 144 Å². The first kappa shape index (κ1) is 18.4. The molecule has 3 N–H and O–H groups in total. The molecule has 0 amide bonds. The molecule has 0 radical (unpaired) electrons. The smallest absolute Gasteiger partial charge is 0.191 e. The largest absolute Gasteiger partial charge is 0.508 e. The van der Waals surface area contributed by atoms with Gasteiger partial charge in [0, 0.05) is 44.3 Å². The standard InChI is InChI=1S/C18H30N4O2/c1-13(2)22-9-7-15(8-10-22)21-18(19-3)20-12-14-11-16(24-4)5-6-17(14)23/h5-6,11,13,15,23H,7-10,12H2,1-4H3,(H2,19,20,21). The number of phenols is 1. The number of hydrogen-bond donors (Lipinski definition) is 3. The zero-order valence-electron chi connectivity index (χ0n) is 15.2. The highest BCUT2D eigenvalue weighted by Crippen LogP contribution is 2.22. The minimum Gasteiger partial charge on any atom is -0.508 e. The van der Waals surface area contributed by atoms with Gasteiger partial charge in [-0.3, -0.25) is 4.99 Å². The number of hydrogen-bond acceptors (Lipinski definition) is 4.